The molecule has 0 aromatic carbocycles. The minimum Gasteiger partial charge on any atom is -0.396 e. The molecule has 0 unspecified atom stereocenters. The van der Waals surface area contributed by atoms with Gasteiger partial charge in [0.25, 0.3) is 0 Å². The molecule has 3 heteroatoms. The van der Waals surface area contributed by atoms with Crippen molar-refractivity contribution in [2.75, 3.05) is 26.7 Å². The average Bonchev–Trinajstić information content (AvgIpc) is 1.88. The van der Waals surface area contributed by atoms with Gasteiger partial charge in [0.2, 0.25) is 0 Å². The minimum atomic E-state index is -0.830. The number of aliphatic hydroxyl groups is 1. The monoisotopic (exact) mass is 147 g/mol. The van der Waals surface area contributed by atoms with Crippen LogP contribution >= 0.6 is 0 Å². The van der Waals surface area contributed by atoms with Crippen molar-refractivity contribution in [2.24, 2.45) is 5.92 Å². The Balaban J connectivity index is 2.36. The summed E-state index contributed by atoms with van der Waals surface area (Å²) in [5.74, 6) is -0.115. The number of halogens is 1. The van der Waals surface area contributed by atoms with Crippen molar-refractivity contribution in [2.45, 2.75) is 12.6 Å². The second kappa shape index (κ2) is 3.30. The van der Waals surface area contributed by atoms with Crippen LogP contribution in [-0.2, 0) is 0 Å². The van der Waals surface area contributed by atoms with Gasteiger partial charge >= 0.3 is 0 Å². The Morgan fingerprint density at radius 1 is 1.70 bits per heavy atom. The van der Waals surface area contributed by atoms with Crippen molar-refractivity contribution in [1.29, 1.82) is 0 Å². The molecule has 1 heterocycles. The van der Waals surface area contributed by atoms with Crippen molar-refractivity contribution in [1.82, 2.24) is 4.90 Å². The standard InChI is InChI=1S/C7H14FNO/c1-9-3-2-6(5-10)7(8)4-9/h6-7,10H,2-5H2,1H3/t6-,7+/m0/s1. The van der Waals surface area contributed by atoms with Gasteiger partial charge in [0.05, 0.1) is 0 Å². The number of aliphatic hydroxyl groups excluding tert-OH is 1. The van der Waals surface area contributed by atoms with Crippen molar-refractivity contribution < 1.29 is 9.50 Å². The van der Waals surface area contributed by atoms with Gasteiger partial charge in [0.15, 0.2) is 0 Å². The van der Waals surface area contributed by atoms with E-state index in [1.807, 2.05) is 11.9 Å². The molecule has 1 aliphatic heterocycles. The largest absolute Gasteiger partial charge is 0.396 e. The zero-order chi connectivity index (χ0) is 7.56. The number of nitrogens with zero attached hydrogens (tertiary/aromatic N) is 1. The number of alkyl halides is 1. The summed E-state index contributed by atoms with van der Waals surface area (Å²) in [6.07, 6.45) is -0.0440. The van der Waals surface area contributed by atoms with Crippen LogP contribution in [0.2, 0.25) is 0 Å². The molecule has 1 saturated heterocycles. The lowest BCUT2D eigenvalue weighted by molar-refractivity contribution is 0.0622. The highest BCUT2D eigenvalue weighted by Crippen LogP contribution is 2.18. The fourth-order valence-corrected chi connectivity index (χ4v) is 1.31. The van der Waals surface area contributed by atoms with Gasteiger partial charge in [-0.05, 0) is 20.0 Å². The molecular weight excluding hydrogens is 133 g/mol. The summed E-state index contributed by atoms with van der Waals surface area (Å²) < 4.78 is 12.9. The Kier molecular flexibility index (Phi) is 2.63. The molecule has 2 atom stereocenters. The molecule has 1 fully saturated rings. The van der Waals surface area contributed by atoms with Crippen molar-refractivity contribution in [3.63, 3.8) is 0 Å². The van der Waals surface area contributed by atoms with E-state index in [1.165, 1.54) is 0 Å². The summed E-state index contributed by atoms with van der Waals surface area (Å²) in [6.45, 7) is 1.38. The van der Waals surface area contributed by atoms with Gasteiger partial charge in [-0.25, -0.2) is 4.39 Å². The van der Waals surface area contributed by atoms with Crippen molar-refractivity contribution in [3.05, 3.63) is 0 Å². The predicted octanol–water partition coefficient (Wildman–Crippen LogP) is 0.269. The fourth-order valence-electron chi connectivity index (χ4n) is 1.31. The Morgan fingerprint density at radius 2 is 2.40 bits per heavy atom. The Labute approximate surface area is 60.6 Å². The van der Waals surface area contributed by atoms with Crippen LogP contribution < -0.4 is 0 Å². The molecule has 0 saturated carbocycles. The van der Waals surface area contributed by atoms with Crippen LogP contribution in [-0.4, -0.2) is 42.9 Å². The van der Waals surface area contributed by atoms with Crippen LogP contribution in [0, 0.1) is 5.92 Å². The van der Waals surface area contributed by atoms with E-state index in [2.05, 4.69) is 0 Å². The van der Waals surface area contributed by atoms with E-state index in [9.17, 15) is 4.39 Å². The molecule has 0 spiro atoms. The third kappa shape index (κ3) is 1.67. The van der Waals surface area contributed by atoms with Gasteiger partial charge in [-0.2, -0.15) is 0 Å². The maximum atomic E-state index is 12.9. The molecule has 0 aliphatic carbocycles. The lowest BCUT2D eigenvalue weighted by Gasteiger charge is -2.30. The lowest BCUT2D eigenvalue weighted by Crippen LogP contribution is -2.40. The van der Waals surface area contributed by atoms with E-state index >= 15 is 0 Å². The van der Waals surface area contributed by atoms with Gasteiger partial charge in [0.1, 0.15) is 6.17 Å². The van der Waals surface area contributed by atoms with Crippen LogP contribution in [0.3, 0.4) is 0 Å². The molecule has 0 aromatic rings. The molecular formula is C7H14FNO. The first kappa shape index (κ1) is 7.95. The Bertz CT molecular complexity index is 110. The van der Waals surface area contributed by atoms with Gasteiger partial charge in [-0.3, -0.25) is 0 Å². The summed E-state index contributed by atoms with van der Waals surface area (Å²) in [6, 6.07) is 0. The predicted molar refractivity (Wildman–Crippen MR) is 37.6 cm³/mol. The highest BCUT2D eigenvalue weighted by Gasteiger charge is 2.26. The van der Waals surface area contributed by atoms with E-state index in [-0.39, 0.29) is 12.5 Å². The van der Waals surface area contributed by atoms with Crippen LogP contribution in [0.25, 0.3) is 0 Å². The third-order valence-electron chi connectivity index (χ3n) is 2.11. The first-order chi connectivity index (χ1) is 4.74. The fraction of sp³-hybridized carbons (Fsp3) is 1.00. The van der Waals surface area contributed by atoms with E-state index < -0.39 is 6.17 Å². The molecule has 0 radical (unpaired) electrons. The topological polar surface area (TPSA) is 23.5 Å². The summed E-state index contributed by atoms with van der Waals surface area (Å²) >= 11 is 0. The number of hydrogen-bond donors (Lipinski definition) is 1. The molecule has 1 aliphatic rings. The van der Waals surface area contributed by atoms with Gasteiger partial charge in [-0.15, -0.1) is 0 Å². The Hall–Kier alpha value is -0.150. The molecule has 0 aromatic heterocycles. The molecule has 1 N–H and O–H groups in total. The lowest BCUT2D eigenvalue weighted by atomic mass is 9.96. The second-order valence-electron chi connectivity index (χ2n) is 3.01. The summed E-state index contributed by atoms with van der Waals surface area (Å²) in [7, 11) is 1.90. The van der Waals surface area contributed by atoms with E-state index in [0.29, 0.717) is 6.54 Å². The number of hydrogen-bond acceptors (Lipinski definition) is 2. The van der Waals surface area contributed by atoms with Crippen LogP contribution in [0.5, 0.6) is 0 Å². The second-order valence-corrected chi connectivity index (χ2v) is 3.01. The van der Waals surface area contributed by atoms with Crippen LogP contribution in [0.15, 0.2) is 0 Å². The van der Waals surface area contributed by atoms with Crippen molar-refractivity contribution in [3.8, 4) is 0 Å². The smallest absolute Gasteiger partial charge is 0.118 e. The zero-order valence-corrected chi connectivity index (χ0v) is 6.26. The van der Waals surface area contributed by atoms with E-state index in [1.54, 1.807) is 0 Å². The summed E-state index contributed by atoms with van der Waals surface area (Å²) in [5.41, 5.74) is 0. The average molecular weight is 147 g/mol. The molecule has 0 bridgehead atoms. The molecule has 1 rings (SSSR count). The minimum absolute atomic E-state index is 0.00495. The highest BCUT2D eigenvalue weighted by atomic mass is 19.1. The highest BCUT2D eigenvalue weighted by molar-refractivity contribution is 4.77. The van der Waals surface area contributed by atoms with Gasteiger partial charge < -0.3 is 10.0 Å². The van der Waals surface area contributed by atoms with Crippen LogP contribution in [0.1, 0.15) is 6.42 Å². The first-order valence-electron chi connectivity index (χ1n) is 3.67. The normalized spacial score (nSPS) is 36.3. The van der Waals surface area contributed by atoms with Gasteiger partial charge in [-0.1, -0.05) is 0 Å². The summed E-state index contributed by atoms with van der Waals surface area (Å²) in [4.78, 5) is 1.96. The van der Waals surface area contributed by atoms with Gasteiger partial charge in [0, 0.05) is 19.1 Å². The van der Waals surface area contributed by atoms with Crippen LogP contribution in [0.4, 0.5) is 4.39 Å². The number of rotatable bonds is 1. The SMILES string of the molecule is CN1CC[C@@H](CO)[C@H](F)C1. The molecule has 2 nitrogen and oxygen atoms in total. The number of piperidine rings is 1. The summed E-state index contributed by atoms with van der Waals surface area (Å²) in [5, 5.41) is 8.69. The molecule has 0 amide bonds. The first-order valence-corrected chi connectivity index (χ1v) is 3.67. The molecule has 60 valence electrons. The zero-order valence-electron chi connectivity index (χ0n) is 6.26. The third-order valence-corrected chi connectivity index (χ3v) is 2.11. The number of likely N-dealkylation sites (tertiary alicyclic amines) is 1. The van der Waals surface area contributed by atoms with Crippen molar-refractivity contribution >= 4 is 0 Å². The quantitative estimate of drug-likeness (QED) is 0.575. The van der Waals surface area contributed by atoms with E-state index in [4.69, 9.17) is 5.11 Å². The maximum absolute atomic E-state index is 12.9. The maximum Gasteiger partial charge on any atom is 0.118 e. The molecule has 10 heavy (non-hydrogen) atoms. The van der Waals surface area contributed by atoms with E-state index in [0.717, 1.165) is 13.0 Å². The Morgan fingerprint density at radius 3 is 2.90 bits per heavy atom.